The third-order valence-electron chi connectivity index (χ3n) is 6.93. The Bertz CT molecular complexity index is 1130. The second kappa shape index (κ2) is 72.3. The van der Waals surface area contributed by atoms with Crippen LogP contribution >= 0.6 is 23.5 Å². The van der Waals surface area contributed by atoms with Crippen LogP contribution in [0.15, 0.2) is 0 Å². The Balaban J connectivity index is -0.0000000893. The van der Waals surface area contributed by atoms with Crippen LogP contribution in [0.25, 0.3) is 0 Å². The number of ether oxygens (including phenoxy) is 17. The summed E-state index contributed by atoms with van der Waals surface area (Å²) in [6, 6.07) is 0. The molecule has 0 saturated carbocycles. The Hall–Kier alpha value is -2.92. The normalized spacial score (nSPS) is 12.4. The zero-order valence-corrected chi connectivity index (χ0v) is 50.4. The number of rotatable bonds is 25. The summed E-state index contributed by atoms with van der Waals surface area (Å²) in [6.07, 6.45) is 2.24. The number of thioether (sulfide) groups is 2. The molecule has 7 atom stereocenters. The Kier molecular flexibility index (Phi) is 89.1. The van der Waals surface area contributed by atoms with Crippen LogP contribution in [0.2, 0.25) is 0 Å². The Labute approximate surface area is 442 Å². The van der Waals surface area contributed by atoms with Crippen molar-refractivity contribution in [2.75, 3.05) is 116 Å². The van der Waals surface area contributed by atoms with Gasteiger partial charge in [-0.1, -0.05) is 0 Å². The van der Waals surface area contributed by atoms with Crippen LogP contribution < -0.4 is 0 Å². The van der Waals surface area contributed by atoms with E-state index in [1.807, 2.05) is 67.9 Å². The maximum absolute atomic E-state index is 10.6. The third-order valence-corrected chi connectivity index (χ3v) is 8.58. The van der Waals surface area contributed by atoms with Gasteiger partial charge in [0.25, 0.3) is 0 Å². The fraction of sp³-hybridized carbons (Fsp3) is 0.872. The Morgan fingerprint density at radius 1 is 0.403 bits per heavy atom. The van der Waals surface area contributed by atoms with Gasteiger partial charge in [0.1, 0.15) is 0 Å². The van der Waals surface area contributed by atoms with Gasteiger partial charge in [0.05, 0.1) is 25.1 Å². The van der Waals surface area contributed by atoms with E-state index in [0.29, 0.717) is 30.7 Å². The van der Waals surface area contributed by atoms with E-state index in [1.54, 1.807) is 86.6 Å². The summed E-state index contributed by atoms with van der Waals surface area (Å²) >= 11 is 3.43. The van der Waals surface area contributed by atoms with Gasteiger partial charge in [-0.25, -0.2) is 14.4 Å². The van der Waals surface area contributed by atoms with Crippen molar-refractivity contribution in [3.05, 3.63) is 0 Å². The van der Waals surface area contributed by atoms with Crippen molar-refractivity contribution >= 4 is 59.3 Å². The molecule has 0 aromatic carbocycles. The first-order valence-corrected chi connectivity index (χ1v) is 25.3. The van der Waals surface area contributed by atoms with Crippen LogP contribution in [0.5, 0.6) is 0 Å². The fourth-order valence-corrected chi connectivity index (χ4v) is 3.19. The highest BCUT2D eigenvalue weighted by Crippen LogP contribution is 2.05. The van der Waals surface area contributed by atoms with Crippen molar-refractivity contribution in [2.45, 2.75) is 159 Å². The minimum absolute atomic E-state index is 0.0509. The third kappa shape index (κ3) is 96.5. The fourth-order valence-electron chi connectivity index (χ4n) is 2.72. The molecule has 0 N–H and O–H groups in total. The van der Waals surface area contributed by atoms with E-state index in [9.17, 15) is 28.8 Å². The quantitative estimate of drug-likeness (QED) is 0.0384. The van der Waals surface area contributed by atoms with Crippen molar-refractivity contribution < 1.29 is 109 Å². The zero-order valence-electron chi connectivity index (χ0n) is 48.8. The number of carbonyl (C=O) groups excluding carboxylic acids is 6. The van der Waals surface area contributed by atoms with Crippen molar-refractivity contribution in [1.82, 2.24) is 0 Å². The molecule has 0 aromatic rings. The molecule has 0 saturated heterocycles. The van der Waals surface area contributed by atoms with Gasteiger partial charge in [-0.2, -0.15) is 0 Å². The smallest absolute Gasteiger partial charge is 0.346 e. The molecule has 0 heterocycles. The van der Waals surface area contributed by atoms with Crippen LogP contribution in [0, 0.1) is 0 Å². The SMILES string of the molecule is CCOC(C)C(=O)OC.CCOC(C)OC.CCOC(C)OC(C)=O.CCOC(C)SC.CCOCOC(=O)COC(C)=O.COC(=O)C(C)OC.COC(C)OC.COC(C)OC(C)=O.COC(C)SC. The summed E-state index contributed by atoms with van der Waals surface area (Å²) in [5.74, 6) is -2.42. The van der Waals surface area contributed by atoms with Crippen molar-refractivity contribution in [1.29, 1.82) is 0 Å². The highest BCUT2D eigenvalue weighted by atomic mass is 32.2. The Morgan fingerprint density at radius 3 is 1.01 bits per heavy atom. The van der Waals surface area contributed by atoms with Crippen LogP contribution in [0.4, 0.5) is 0 Å². The number of carbonyl (C=O) groups is 6. The van der Waals surface area contributed by atoms with Crippen LogP contribution in [0.1, 0.15) is 111 Å². The molecule has 0 radical (unpaired) electrons. The van der Waals surface area contributed by atoms with Crippen LogP contribution in [-0.4, -0.2) is 200 Å². The lowest BCUT2D eigenvalue weighted by Gasteiger charge is -2.09. The summed E-state index contributed by atoms with van der Waals surface area (Å²) in [6.45, 7) is 30.4. The molecule has 0 bridgehead atoms. The summed E-state index contributed by atoms with van der Waals surface area (Å²) < 4.78 is 79.7. The Morgan fingerprint density at radius 2 is 0.792 bits per heavy atom. The molecule has 0 aliphatic rings. The predicted molar refractivity (Wildman–Crippen MR) is 278 cm³/mol. The highest BCUT2D eigenvalue weighted by Gasteiger charge is 2.11. The monoisotopic (exact) mass is 1100 g/mol. The molecular formula is C47H100O23S2. The maximum Gasteiger partial charge on any atom is 0.346 e. The summed E-state index contributed by atoms with van der Waals surface area (Å²) in [5.41, 5.74) is 0.718. The minimum atomic E-state index is -0.612. The van der Waals surface area contributed by atoms with Gasteiger partial charge >= 0.3 is 35.8 Å². The molecule has 0 amide bonds. The average Bonchev–Trinajstić information content (AvgIpc) is 3.35. The molecule has 0 fully saturated rings. The lowest BCUT2D eigenvalue weighted by Crippen LogP contribution is -2.21. The maximum atomic E-state index is 10.6. The second-order valence-corrected chi connectivity index (χ2v) is 14.8. The van der Waals surface area contributed by atoms with Gasteiger partial charge < -0.3 is 80.5 Å². The van der Waals surface area contributed by atoms with Gasteiger partial charge in [0.2, 0.25) is 0 Å². The van der Waals surface area contributed by atoms with E-state index in [0.717, 1.165) is 13.2 Å². The number of hydrogen-bond acceptors (Lipinski definition) is 25. The first kappa shape index (κ1) is 88.7. The highest BCUT2D eigenvalue weighted by molar-refractivity contribution is 7.99. The van der Waals surface area contributed by atoms with Crippen LogP contribution in [0.3, 0.4) is 0 Å². The first-order valence-electron chi connectivity index (χ1n) is 22.7. The average molecular weight is 1100 g/mol. The van der Waals surface area contributed by atoms with Gasteiger partial charge in [-0.3, -0.25) is 14.4 Å². The topological polar surface area (TPSA) is 259 Å². The minimum Gasteiger partial charge on any atom is -0.467 e. The van der Waals surface area contributed by atoms with E-state index >= 15 is 0 Å². The predicted octanol–water partition coefficient (Wildman–Crippen LogP) is 7.05. The van der Waals surface area contributed by atoms with E-state index < -0.39 is 36.7 Å². The van der Waals surface area contributed by atoms with Crippen LogP contribution in [-0.2, 0) is 109 Å². The van der Waals surface area contributed by atoms with E-state index in [-0.39, 0.29) is 49.9 Å². The molecule has 0 aromatic heterocycles. The molecular weight excluding hydrogens is 997 g/mol. The molecule has 72 heavy (non-hydrogen) atoms. The summed E-state index contributed by atoms with van der Waals surface area (Å²) in [7, 11) is 12.2. The first-order chi connectivity index (χ1) is 33.7. The van der Waals surface area contributed by atoms with Gasteiger partial charge in [-0.05, 0) is 103 Å². The zero-order chi connectivity index (χ0) is 58.5. The molecule has 23 nitrogen and oxygen atoms in total. The number of methoxy groups -OCH3 is 8. The summed E-state index contributed by atoms with van der Waals surface area (Å²) in [5, 5.41) is 0. The van der Waals surface area contributed by atoms with Crippen molar-refractivity contribution in [2.24, 2.45) is 0 Å². The molecule has 0 aliphatic heterocycles. The van der Waals surface area contributed by atoms with Gasteiger partial charge in [0.15, 0.2) is 50.8 Å². The van der Waals surface area contributed by atoms with E-state index in [2.05, 4.69) is 47.4 Å². The van der Waals surface area contributed by atoms with Crippen molar-refractivity contribution in [3.8, 4) is 0 Å². The van der Waals surface area contributed by atoms with E-state index in [1.165, 1.54) is 49.2 Å². The largest absolute Gasteiger partial charge is 0.467 e. The number of hydrogen-bond donors (Lipinski definition) is 0. The molecule has 438 valence electrons. The van der Waals surface area contributed by atoms with Gasteiger partial charge in [0, 0.05) is 96.5 Å². The molecule has 0 spiro atoms. The lowest BCUT2D eigenvalue weighted by atomic mass is 10.4. The molecule has 0 aliphatic carbocycles. The van der Waals surface area contributed by atoms with Gasteiger partial charge in [-0.15, -0.1) is 23.5 Å². The molecule has 0 rings (SSSR count). The standard InChI is InChI=1S/C7H12O5.2C6H12O3.2C5H10O3.C5H12O2.C5H12OS.C4H10O2.C4H10OS/c1-3-10-5-12-7(9)4-11-6(2)8;1-4-9-5(2)6(7)8-3;1-4-8-6(3)9-5(2)7;1-4(7-2)5(6)8-3;1-4(6)8-5(2)7-3;1-4-7-5(2)6-3;1-4-6-5(2)7-3;2*1-4(5-2)6-3/h3-5H2,1-2H3;5H,4H2,1-3H3;6H,4H2,1-3H3;4H,1-3H3;5H,1-3H3;2*5H,4H2,1-3H3;2*4H,1-3H3. The lowest BCUT2D eigenvalue weighted by molar-refractivity contribution is -0.171. The number of esters is 6. The van der Waals surface area contributed by atoms with E-state index in [4.69, 9.17) is 33.2 Å². The molecule has 25 heteroatoms. The molecule has 7 unspecified atom stereocenters. The second-order valence-electron chi connectivity index (χ2n) is 12.6. The van der Waals surface area contributed by atoms with Crippen molar-refractivity contribution in [3.63, 3.8) is 0 Å². The summed E-state index contributed by atoms with van der Waals surface area (Å²) in [4.78, 5) is 62.1.